The van der Waals surface area contributed by atoms with E-state index in [1.54, 1.807) is 36.4 Å². The standard InChI is InChI=1S/C34H36N6O4/c35-23-17-21-7-3-9-25-29(21)27(19-23)33(43)39(31(25)41)15-5-13-37-11-1-2-12-38-14-6-16-40-32(42)26-10-4-8-22-18-24(36)20-28(30(22)26)34(40)44/h3-4,7-10,17-20,37-38H,1-2,5-6,11-16,35-36H2. The van der Waals surface area contributed by atoms with Crippen LogP contribution in [0.2, 0.25) is 0 Å². The topological polar surface area (TPSA) is 151 Å². The van der Waals surface area contributed by atoms with Gasteiger partial charge in [-0.3, -0.25) is 29.0 Å². The lowest BCUT2D eigenvalue weighted by molar-refractivity contribution is 0.0593. The molecule has 0 aromatic heterocycles. The van der Waals surface area contributed by atoms with Crippen LogP contribution < -0.4 is 22.1 Å². The Morgan fingerprint density at radius 2 is 0.886 bits per heavy atom. The van der Waals surface area contributed by atoms with Gasteiger partial charge in [0.05, 0.1) is 11.1 Å². The molecule has 0 atom stereocenters. The van der Waals surface area contributed by atoms with Crippen molar-refractivity contribution in [1.29, 1.82) is 0 Å². The summed E-state index contributed by atoms with van der Waals surface area (Å²) in [7, 11) is 0. The fourth-order valence-electron chi connectivity index (χ4n) is 6.24. The maximum atomic E-state index is 13.1. The summed E-state index contributed by atoms with van der Waals surface area (Å²) in [4.78, 5) is 54.9. The third-order valence-electron chi connectivity index (χ3n) is 8.33. The van der Waals surface area contributed by atoms with Gasteiger partial charge in [-0.2, -0.15) is 0 Å². The molecule has 2 aliphatic heterocycles. The number of unbranched alkanes of at least 4 members (excludes halogenated alkanes) is 1. The molecule has 0 saturated carbocycles. The highest BCUT2D eigenvalue weighted by Gasteiger charge is 2.33. The summed E-state index contributed by atoms with van der Waals surface area (Å²) in [5.74, 6) is -1.11. The van der Waals surface area contributed by atoms with Gasteiger partial charge in [0.25, 0.3) is 23.6 Å². The molecule has 2 heterocycles. The van der Waals surface area contributed by atoms with E-state index in [1.807, 2.05) is 24.3 Å². The number of carbonyl (C=O) groups excluding carboxylic acids is 4. The fourth-order valence-corrected chi connectivity index (χ4v) is 6.24. The molecule has 4 amide bonds. The third kappa shape index (κ3) is 5.49. The van der Waals surface area contributed by atoms with Crippen molar-refractivity contribution in [1.82, 2.24) is 20.4 Å². The predicted molar refractivity (Wildman–Crippen MR) is 172 cm³/mol. The molecular formula is C34H36N6O4. The second kappa shape index (κ2) is 12.4. The van der Waals surface area contributed by atoms with Gasteiger partial charge in [0.2, 0.25) is 0 Å². The molecule has 0 spiro atoms. The van der Waals surface area contributed by atoms with Crippen LogP contribution >= 0.6 is 0 Å². The quantitative estimate of drug-likeness (QED) is 0.104. The van der Waals surface area contributed by atoms with Crippen LogP contribution in [-0.2, 0) is 0 Å². The van der Waals surface area contributed by atoms with Crippen LogP contribution in [0.25, 0.3) is 21.5 Å². The van der Waals surface area contributed by atoms with Crippen molar-refractivity contribution in [2.24, 2.45) is 0 Å². The SMILES string of the molecule is Nc1cc2c3c(cccc3c1)C(=O)N(CCCNCCCCNCCCN1C(=O)c3cccc4cc(N)cc(c34)C1=O)C2=O. The van der Waals surface area contributed by atoms with E-state index in [9.17, 15) is 19.2 Å². The summed E-state index contributed by atoms with van der Waals surface area (Å²) in [5.41, 5.74) is 15.1. The van der Waals surface area contributed by atoms with Crippen molar-refractivity contribution in [2.75, 3.05) is 50.7 Å². The summed E-state index contributed by atoms with van der Waals surface area (Å²) in [5, 5.41) is 9.75. The summed E-state index contributed by atoms with van der Waals surface area (Å²) in [6.45, 7) is 3.72. The molecule has 6 N–H and O–H groups in total. The van der Waals surface area contributed by atoms with E-state index in [1.165, 1.54) is 9.80 Å². The van der Waals surface area contributed by atoms with Crippen LogP contribution in [0.1, 0.15) is 67.1 Å². The maximum Gasteiger partial charge on any atom is 0.261 e. The molecule has 0 unspecified atom stereocenters. The van der Waals surface area contributed by atoms with Crippen molar-refractivity contribution < 1.29 is 19.2 Å². The minimum absolute atomic E-state index is 0.259. The Hall–Kier alpha value is -4.80. The highest BCUT2D eigenvalue weighted by Crippen LogP contribution is 2.33. The first-order valence-corrected chi connectivity index (χ1v) is 15.1. The molecule has 10 heteroatoms. The molecule has 0 aliphatic carbocycles. The number of hydrogen-bond donors (Lipinski definition) is 4. The number of carbonyl (C=O) groups is 4. The molecular weight excluding hydrogens is 556 g/mol. The van der Waals surface area contributed by atoms with Gasteiger partial charge in [-0.25, -0.2) is 0 Å². The van der Waals surface area contributed by atoms with Gasteiger partial charge in [-0.05, 0) is 99.0 Å². The number of nitrogens with two attached hydrogens (primary N) is 2. The zero-order chi connectivity index (χ0) is 30.8. The molecule has 0 saturated heterocycles. The summed E-state index contributed by atoms with van der Waals surface area (Å²) < 4.78 is 0. The number of benzene rings is 4. The van der Waals surface area contributed by atoms with Crippen LogP contribution in [0, 0.1) is 0 Å². The number of nitrogens with one attached hydrogen (secondary N) is 2. The molecule has 10 nitrogen and oxygen atoms in total. The predicted octanol–water partition coefficient (Wildman–Crippen LogP) is 3.79. The number of rotatable bonds is 13. The van der Waals surface area contributed by atoms with Crippen molar-refractivity contribution in [3.63, 3.8) is 0 Å². The van der Waals surface area contributed by atoms with Crippen molar-refractivity contribution in [3.8, 4) is 0 Å². The number of amides is 4. The van der Waals surface area contributed by atoms with Gasteiger partial charge < -0.3 is 22.1 Å². The minimum Gasteiger partial charge on any atom is -0.399 e. The van der Waals surface area contributed by atoms with E-state index in [-0.39, 0.29) is 23.6 Å². The second-order valence-electron chi connectivity index (χ2n) is 11.4. The number of anilines is 2. The average molecular weight is 593 g/mol. The van der Waals surface area contributed by atoms with E-state index < -0.39 is 0 Å². The highest BCUT2D eigenvalue weighted by molar-refractivity contribution is 6.27. The maximum absolute atomic E-state index is 13.1. The minimum atomic E-state index is -0.294. The molecule has 6 rings (SSSR count). The monoisotopic (exact) mass is 592 g/mol. The highest BCUT2D eigenvalue weighted by atomic mass is 16.2. The molecule has 4 aromatic carbocycles. The zero-order valence-electron chi connectivity index (χ0n) is 24.5. The average Bonchev–Trinajstić information content (AvgIpc) is 3.01. The van der Waals surface area contributed by atoms with Crippen molar-refractivity contribution >= 4 is 56.5 Å². The smallest absolute Gasteiger partial charge is 0.261 e. The molecule has 44 heavy (non-hydrogen) atoms. The van der Waals surface area contributed by atoms with Gasteiger partial charge in [0, 0.05) is 46.4 Å². The summed E-state index contributed by atoms with van der Waals surface area (Å²) in [6.07, 6.45) is 3.24. The van der Waals surface area contributed by atoms with Crippen LogP contribution in [0.15, 0.2) is 60.7 Å². The largest absolute Gasteiger partial charge is 0.399 e. The Morgan fingerprint density at radius 3 is 1.32 bits per heavy atom. The Balaban J connectivity index is 0.867. The summed E-state index contributed by atoms with van der Waals surface area (Å²) >= 11 is 0. The number of nitrogen functional groups attached to an aromatic ring is 2. The Bertz CT molecular complexity index is 1670. The van der Waals surface area contributed by atoms with Crippen LogP contribution in [0.5, 0.6) is 0 Å². The lowest BCUT2D eigenvalue weighted by atomic mass is 9.93. The van der Waals surface area contributed by atoms with Crippen molar-refractivity contribution in [2.45, 2.75) is 25.7 Å². The van der Waals surface area contributed by atoms with Gasteiger partial charge in [-0.15, -0.1) is 0 Å². The second-order valence-corrected chi connectivity index (χ2v) is 11.4. The lowest BCUT2D eigenvalue weighted by Crippen LogP contribution is -2.41. The number of imide groups is 2. The summed E-state index contributed by atoms with van der Waals surface area (Å²) in [6, 6.07) is 17.8. The van der Waals surface area contributed by atoms with E-state index in [2.05, 4.69) is 10.6 Å². The molecule has 0 bridgehead atoms. The van der Waals surface area contributed by atoms with E-state index in [0.29, 0.717) is 83.4 Å². The first-order valence-electron chi connectivity index (χ1n) is 15.1. The van der Waals surface area contributed by atoms with Crippen molar-refractivity contribution in [3.05, 3.63) is 82.9 Å². The van der Waals surface area contributed by atoms with Gasteiger partial charge in [-0.1, -0.05) is 24.3 Å². The fraction of sp³-hybridized carbons (Fsp3) is 0.294. The molecule has 0 radical (unpaired) electrons. The van der Waals surface area contributed by atoms with Gasteiger partial charge >= 0.3 is 0 Å². The number of nitrogens with zero attached hydrogens (tertiary/aromatic N) is 2. The number of hydrogen-bond acceptors (Lipinski definition) is 8. The molecule has 2 aliphatic rings. The molecule has 226 valence electrons. The Kier molecular flexibility index (Phi) is 8.28. The Morgan fingerprint density at radius 1 is 0.500 bits per heavy atom. The molecule has 4 aromatic rings. The third-order valence-corrected chi connectivity index (χ3v) is 8.33. The van der Waals surface area contributed by atoms with E-state index in [0.717, 1.165) is 36.7 Å². The van der Waals surface area contributed by atoms with Crippen LogP contribution in [-0.4, -0.2) is 72.7 Å². The van der Waals surface area contributed by atoms with Crippen LogP contribution in [0.3, 0.4) is 0 Å². The first kappa shape index (κ1) is 29.3. The van der Waals surface area contributed by atoms with Gasteiger partial charge in [0.1, 0.15) is 0 Å². The first-order chi connectivity index (χ1) is 21.3. The van der Waals surface area contributed by atoms with Crippen LogP contribution in [0.4, 0.5) is 11.4 Å². The zero-order valence-corrected chi connectivity index (χ0v) is 24.5. The normalized spacial score (nSPS) is 14.4. The van der Waals surface area contributed by atoms with Gasteiger partial charge in [0.15, 0.2) is 0 Å². The van der Waals surface area contributed by atoms with E-state index >= 15 is 0 Å². The Labute approximate surface area is 255 Å². The van der Waals surface area contributed by atoms with E-state index in [4.69, 9.17) is 11.5 Å². The lowest BCUT2D eigenvalue weighted by Gasteiger charge is -2.27. The molecule has 0 fully saturated rings.